The van der Waals surface area contributed by atoms with Gasteiger partial charge in [-0.1, -0.05) is 106 Å². The molecule has 5 aromatic rings. The first-order chi connectivity index (χ1) is 22.4. The summed E-state index contributed by atoms with van der Waals surface area (Å²) in [7, 11) is 1.58. The maximum Gasteiger partial charge on any atom is 0.338 e. The lowest BCUT2D eigenvalue weighted by Crippen LogP contribution is -2.40. The Bertz CT molecular complexity index is 2110. The van der Waals surface area contributed by atoms with E-state index in [0.29, 0.717) is 49.3 Å². The number of hydrogen-bond acceptors (Lipinski definition) is 7. The second-order valence-electron chi connectivity index (χ2n) is 10.3. The molecule has 0 aliphatic carbocycles. The van der Waals surface area contributed by atoms with Crippen LogP contribution in [0.2, 0.25) is 5.02 Å². The first kappa shape index (κ1) is 31.5. The van der Waals surface area contributed by atoms with Gasteiger partial charge in [0.25, 0.3) is 5.56 Å². The summed E-state index contributed by atoms with van der Waals surface area (Å²) in [5, 5.41) is 0.537. The van der Waals surface area contributed by atoms with Crippen molar-refractivity contribution in [2.75, 3.05) is 13.7 Å². The Kier molecular flexibility index (Phi) is 9.53. The molecule has 46 heavy (non-hydrogen) atoms. The number of nitrogens with zero attached hydrogens (tertiary/aromatic N) is 2. The molecule has 1 aromatic heterocycles. The quantitative estimate of drug-likeness (QED) is 0.155. The summed E-state index contributed by atoms with van der Waals surface area (Å²) in [5.74, 6) is 0.495. The zero-order valence-electron chi connectivity index (χ0n) is 24.9. The van der Waals surface area contributed by atoms with E-state index in [4.69, 9.17) is 30.8 Å². The average molecular weight is 716 g/mol. The van der Waals surface area contributed by atoms with Gasteiger partial charge in [0.1, 0.15) is 6.61 Å². The predicted molar refractivity (Wildman–Crippen MR) is 184 cm³/mol. The number of ether oxygens (including phenoxy) is 3. The monoisotopic (exact) mass is 714 g/mol. The number of fused-ring (bicyclic) bond motifs is 1. The van der Waals surface area contributed by atoms with Crippen molar-refractivity contribution in [3.8, 4) is 11.5 Å². The highest BCUT2D eigenvalue weighted by molar-refractivity contribution is 9.10. The molecule has 1 atom stereocenters. The Morgan fingerprint density at radius 2 is 1.74 bits per heavy atom. The molecule has 0 amide bonds. The first-order valence-electron chi connectivity index (χ1n) is 14.5. The molecule has 2 heterocycles. The van der Waals surface area contributed by atoms with Gasteiger partial charge in [0, 0.05) is 20.6 Å². The molecule has 0 bridgehead atoms. The van der Waals surface area contributed by atoms with Crippen molar-refractivity contribution in [1.29, 1.82) is 0 Å². The number of methoxy groups -OCH3 is 1. The number of halogens is 2. The molecule has 0 fully saturated rings. The summed E-state index contributed by atoms with van der Waals surface area (Å²) in [4.78, 5) is 33.3. The van der Waals surface area contributed by atoms with E-state index in [-0.39, 0.29) is 17.7 Å². The molecule has 0 N–H and O–H groups in total. The van der Waals surface area contributed by atoms with E-state index in [1.54, 1.807) is 36.8 Å². The summed E-state index contributed by atoms with van der Waals surface area (Å²) in [5.41, 5.74) is 3.49. The van der Waals surface area contributed by atoms with Crippen molar-refractivity contribution in [2.24, 2.45) is 4.99 Å². The highest BCUT2D eigenvalue weighted by atomic mass is 79.9. The van der Waals surface area contributed by atoms with Crippen molar-refractivity contribution < 1.29 is 19.0 Å². The molecule has 6 rings (SSSR count). The van der Waals surface area contributed by atoms with E-state index >= 15 is 0 Å². The van der Waals surface area contributed by atoms with Crippen LogP contribution >= 0.6 is 38.9 Å². The zero-order chi connectivity index (χ0) is 32.2. The lowest BCUT2D eigenvalue weighted by atomic mass is 9.93. The van der Waals surface area contributed by atoms with E-state index in [1.807, 2.05) is 84.9 Å². The van der Waals surface area contributed by atoms with Crippen LogP contribution in [0.3, 0.4) is 0 Å². The van der Waals surface area contributed by atoms with Crippen molar-refractivity contribution in [2.45, 2.75) is 19.6 Å². The second kappa shape index (κ2) is 13.9. The summed E-state index contributed by atoms with van der Waals surface area (Å²) in [6.45, 7) is 2.22. The number of carbonyl (C=O) groups is 1. The van der Waals surface area contributed by atoms with Gasteiger partial charge < -0.3 is 14.2 Å². The first-order valence-corrected chi connectivity index (χ1v) is 16.4. The van der Waals surface area contributed by atoms with Crippen molar-refractivity contribution in [3.63, 3.8) is 0 Å². The summed E-state index contributed by atoms with van der Waals surface area (Å²) < 4.78 is 20.4. The van der Waals surface area contributed by atoms with Crippen molar-refractivity contribution >= 4 is 56.6 Å². The van der Waals surface area contributed by atoms with Gasteiger partial charge in [0.15, 0.2) is 16.3 Å². The molecule has 0 unspecified atom stereocenters. The van der Waals surface area contributed by atoms with E-state index in [0.717, 1.165) is 15.6 Å². The SMILES string of the molecule is CCOC(=O)C1=C(c2ccccc2)N=c2s/c(=C\c3cccc(OC)c3OCc3ccc(Br)cc3)c(=O)n2[C@H]1c1ccc(Cl)cc1. The van der Waals surface area contributed by atoms with Gasteiger partial charge in [0.05, 0.1) is 35.6 Å². The Balaban J connectivity index is 1.54. The Labute approximate surface area is 282 Å². The van der Waals surface area contributed by atoms with E-state index in [9.17, 15) is 9.59 Å². The van der Waals surface area contributed by atoms with Crippen LogP contribution in [-0.4, -0.2) is 24.3 Å². The standard InChI is InChI=1S/C36H28BrClN2O5S/c1-3-44-35(42)30-31(23-8-5-4-6-9-23)39-36-40(32(30)24-14-18-27(38)19-15-24)34(41)29(46-36)20-25-10-7-11-28(43-2)33(25)45-21-22-12-16-26(37)17-13-22/h4-20,32H,3,21H2,1-2H3/b29-20-/t32-/m0/s1. The number of para-hydroxylation sites is 1. The van der Waals surface area contributed by atoms with Crippen LogP contribution in [0.1, 0.15) is 35.2 Å². The third-order valence-electron chi connectivity index (χ3n) is 7.37. The van der Waals surface area contributed by atoms with Gasteiger partial charge in [-0.2, -0.15) is 0 Å². The predicted octanol–water partition coefficient (Wildman–Crippen LogP) is 6.94. The van der Waals surface area contributed by atoms with Gasteiger partial charge >= 0.3 is 5.97 Å². The van der Waals surface area contributed by atoms with Gasteiger partial charge in [0.2, 0.25) is 0 Å². The summed E-state index contributed by atoms with van der Waals surface area (Å²) in [6, 6.07) is 29.1. The smallest absolute Gasteiger partial charge is 0.338 e. The molecule has 4 aromatic carbocycles. The normalized spacial score (nSPS) is 14.4. The van der Waals surface area contributed by atoms with Crippen molar-refractivity contribution in [3.05, 3.63) is 154 Å². The molecule has 10 heteroatoms. The van der Waals surface area contributed by atoms with Crippen LogP contribution in [0, 0.1) is 0 Å². The van der Waals surface area contributed by atoms with Gasteiger partial charge in [-0.15, -0.1) is 0 Å². The molecule has 1 aliphatic rings. The second-order valence-corrected chi connectivity index (χ2v) is 12.6. The molecule has 232 valence electrons. The number of benzene rings is 4. The fourth-order valence-electron chi connectivity index (χ4n) is 5.24. The molecular formula is C36H28BrClN2O5S. The number of rotatable bonds is 9. The highest BCUT2D eigenvalue weighted by Crippen LogP contribution is 2.36. The number of aromatic nitrogens is 1. The fraction of sp³-hybridized carbons (Fsp3) is 0.139. The molecule has 0 saturated heterocycles. The molecule has 7 nitrogen and oxygen atoms in total. The third-order valence-corrected chi connectivity index (χ3v) is 9.14. The van der Waals surface area contributed by atoms with Crippen LogP contribution in [0.4, 0.5) is 0 Å². The van der Waals surface area contributed by atoms with Crippen LogP contribution in [0.15, 0.2) is 117 Å². The van der Waals surface area contributed by atoms with Gasteiger partial charge in [-0.3, -0.25) is 9.36 Å². The summed E-state index contributed by atoms with van der Waals surface area (Å²) in [6.07, 6.45) is 1.78. The summed E-state index contributed by atoms with van der Waals surface area (Å²) >= 11 is 10.9. The zero-order valence-corrected chi connectivity index (χ0v) is 28.1. The largest absolute Gasteiger partial charge is 0.493 e. The molecule has 0 spiro atoms. The maximum atomic E-state index is 14.3. The fourth-order valence-corrected chi connectivity index (χ4v) is 6.62. The number of carbonyl (C=O) groups excluding carboxylic acids is 1. The molecule has 1 aliphatic heterocycles. The highest BCUT2D eigenvalue weighted by Gasteiger charge is 2.35. The van der Waals surface area contributed by atoms with Crippen molar-refractivity contribution in [1.82, 2.24) is 4.57 Å². The third kappa shape index (κ3) is 6.44. The Hall–Kier alpha value is -4.44. The minimum Gasteiger partial charge on any atom is -0.493 e. The van der Waals surface area contributed by atoms with Gasteiger partial charge in [-0.25, -0.2) is 9.79 Å². The number of esters is 1. The molecule has 0 radical (unpaired) electrons. The maximum absolute atomic E-state index is 14.3. The van der Waals surface area contributed by atoms with Crippen LogP contribution in [0.5, 0.6) is 11.5 Å². The average Bonchev–Trinajstić information content (AvgIpc) is 3.38. The van der Waals surface area contributed by atoms with E-state index in [2.05, 4.69) is 15.9 Å². The Morgan fingerprint density at radius 3 is 2.43 bits per heavy atom. The Morgan fingerprint density at radius 1 is 1.00 bits per heavy atom. The minimum absolute atomic E-state index is 0.168. The number of thiazole rings is 1. The topological polar surface area (TPSA) is 79.1 Å². The van der Waals surface area contributed by atoms with Gasteiger partial charge in [-0.05, 0) is 54.5 Å². The van der Waals surface area contributed by atoms with E-state index < -0.39 is 12.0 Å². The van der Waals surface area contributed by atoms with E-state index in [1.165, 1.54) is 11.3 Å². The lowest BCUT2D eigenvalue weighted by Gasteiger charge is -2.26. The lowest BCUT2D eigenvalue weighted by molar-refractivity contribution is -0.138. The van der Waals surface area contributed by atoms with Crippen LogP contribution < -0.4 is 24.4 Å². The van der Waals surface area contributed by atoms with Crippen LogP contribution in [-0.2, 0) is 16.1 Å². The molecular weight excluding hydrogens is 688 g/mol. The molecule has 0 saturated carbocycles. The minimum atomic E-state index is -0.802. The number of hydrogen-bond donors (Lipinski definition) is 0. The van der Waals surface area contributed by atoms with Crippen LogP contribution in [0.25, 0.3) is 11.8 Å².